The second-order valence-corrected chi connectivity index (χ2v) is 9.04. The summed E-state index contributed by atoms with van der Waals surface area (Å²) in [5.41, 5.74) is 4.16. The zero-order chi connectivity index (χ0) is 23.0. The highest BCUT2D eigenvalue weighted by atomic mass is 35.5. The summed E-state index contributed by atoms with van der Waals surface area (Å²) in [6, 6.07) is 11.3. The fraction of sp³-hybridized carbons (Fsp3) is 0.292. The molecule has 0 saturated carbocycles. The van der Waals surface area contributed by atoms with Crippen LogP contribution >= 0.6 is 23.2 Å². The Morgan fingerprint density at radius 1 is 1.16 bits per heavy atom. The van der Waals surface area contributed by atoms with E-state index in [0.29, 0.717) is 22.3 Å². The Hall–Kier alpha value is -2.83. The Labute approximate surface area is 196 Å². The quantitative estimate of drug-likeness (QED) is 0.567. The number of aryl methyl sites for hydroxylation is 2. The maximum atomic E-state index is 12.0. The van der Waals surface area contributed by atoms with Crippen molar-refractivity contribution in [2.75, 3.05) is 13.6 Å². The summed E-state index contributed by atoms with van der Waals surface area (Å²) in [6.45, 7) is 1.97. The number of nitrogens with zero attached hydrogens (tertiary/aromatic N) is 3. The summed E-state index contributed by atoms with van der Waals surface area (Å²) in [7, 11) is 1.69. The molecule has 1 aromatic heterocycles. The summed E-state index contributed by atoms with van der Waals surface area (Å²) in [5.74, 6) is -0.562. The van der Waals surface area contributed by atoms with Crippen molar-refractivity contribution in [3.05, 3.63) is 90.8 Å². The molecule has 0 spiro atoms. The van der Waals surface area contributed by atoms with E-state index in [-0.39, 0.29) is 11.7 Å². The highest BCUT2D eigenvalue weighted by Crippen LogP contribution is 2.43. The van der Waals surface area contributed by atoms with Gasteiger partial charge in [0.2, 0.25) is 11.8 Å². The van der Waals surface area contributed by atoms with E-state index >= 15 is 0 Å². The van der Waals surface area contributed by atoms with Gasteiger partial charge in [-0.05, 0) is 66.3 Å². The molecular weight excluding hydrogens is 449 g/mol. The minimum Gasteiger partial charge on any atom is -0.503 e. The number of aromatic hydroxyl groups is 1. The summed E-state index contributed by atoms with van der Waals surface area (Å²) in [6.07, 6.45) is 3.45. The molecule has 3 aromatic rings. The van der Waals surface area contributed by atoms with Crippen molar-refractivity contribution in [1.82, 2.24) is 14.7 Å². The molecule has 1 heterocycles. The number of aromatic nitrogens is 2. The second kappa shape index (κ2) is 8.96. The molecule has 1 atom stereocenters. The van der Waals surface area contributed by atoms with Crippen LogP contribution in [0.3, 0.4) is 0 Å². The Bertz CT molecular complexity index is 1190. The van der Waals surface area contributed by atoms with E-state index in [1.165, 1.54) is 4.90 Å². The summed E-state index contributed by atoms with van der Waals surface area (Å²) in [5, 5.41) is 16.0. The fourth-order valence-electron chi connectivity index (χ4n) is 4.59. The third-order valence-electron chi connectivity index (χ3n) is 6.12. The first kappa shape index (κ1) is 22.4. The molecule has 4 rings (SSSR count). The molecule has 1 aliphatic rings. The van der Waals surface area contributed by atoms with E-state index in [1.54, 1.807) is 18.7 Å². The van der Waals surface area contributed by atoms with Crippen molar-refractivity contribution in [2.24, 2.45) is 0 Å². The summed E-state index contributed by atoms with van der Waals surface area (Å²) < 4.78 is 1.64. The molecule has 8 heteroatoms. The summed E-state index contributed by atoms with van der Waals surface area (Å²) >= 11 is 12.6. The monoisotopic (exact) mass is 471 g/mol. The van der Waals surface area contributed by atoms with Crippen molar-refractivity contribution in [3.63, 3.8) is 0 Å². The van der Waals surface area contributed by atoms with Gasteiger partial charge in [-0.3, -0.25) is 14.3 Å². The molecule has 0 bridgehead atoms. The minimum atomic E-state index is -0.540. The van der Waals surface area contributed by atoms with Crippen LogP contribution in [0.1, 0.15) is 39.9 Å². The number of likely N-dealkylation sites (N-methyl/N-ethyl adjacent to an activating group) is 1. The van der Waals surface area contributed by atoms with Gasteiger partial charge in [-0.25, -0.2) is 0 Å². The Balaban J connectivity index is 2.00. The van der Waals surface area contributed by atoms with Crippen molar-refractivity contribution in [2.45, 2.75) is 31.7 Å². The van der Waals surface area contributed by atoms with E-state index in [2.05, 4.69) is 5.10 Å². The lowest BCUT2D eigenvalue weighted by molar-refractivity contribution is -0.117. The molecule has 1 aliphatic carbocycles. The summed E-state index contributed by atoms with van der Waals surface area (Å²) in [4.78, 5) is 25.1. The number of carbonyl (C=O) groups excluding carboxylic acids is 1. The molecule has 166 valence electrons. The standard InChI is InChI=1S/C24H23Cl2N3O3/c1-14-24(32)22(31)11-27-29(14)21(12-28(2)13-30)23-19-7-5-17(25)9-15(19)3-4-16-10-18(26)6-8-20(16)23/h5-11,13,21,23,32H,3-4,12H2,1-2H3. The fourth-order valence-corrected chi connectivity index (χ4v) is 4.97. The predicted octanol–water partition coefficient (Wildman–Crippen LogP) is 4.12. The van der Waals surface area contributed by atoms with Crippen LogP contribution in [-0.4, -0.2) is 39.8 Å². The van der Waals surface area contributed by atoms with Crippen LogP contribution in [0.25, 0.3) is 0 Å². The minimum absolute atomic E-state index is 0.215. The highest BCUT2D eigenvalue weighted by molar-refractivity contribution is 6.31. The Morgan fingerprint density at radius 3 is 2.25 bits per heavy atom. The first-order valence-electron chi connectivity index (χ1n) is 10.3. The number of hydrogen-bond acceptors (Lipinski definition) is 4. The lowest BCUT2D eigenvalue weighted by Gasteiger charge is -2.33. The Morgan fingerprint density at radius 2 is 1.72 bits per heavy atom. The third kappa shape index (κ3) is 4.12. The second-order valence-electron chi connectivity index (χ2n) is 8.16. The number of benzene rings is 2. The van der Waals surface area contributed by atoms with Gasteiger partial charge in [0.25, 0.3) is 0 Å². The normalized spacial score (nSPS) is 14.2. The molecule has 2 aromatic carbocycles. The van der Waals surface area contributed by atoms with Crippen LogP contribution < -0.4 is 5.43 Å². The zero-order valence-corrected chi connectivity index (χ0v) is 19.3. The van der Waals surface area contributed by atoms with Gasteiger partial charge in [-0.15, -0.1) is 0 Å². The van der Waals surface area contributed by atoms with Crippen molar-refractivity contribution in [3.8, 4) is 5.75 Å². The molecule has 0 radical (unpaired) electrons. The number of rotatable bonds is 5. The van der Waals surface area contributed by atoms with Gasteiger partial charge < -0.3 is 10.0 Å². The van der Waals surface area contributed by atoms with E-state index in [0.717, 1.165) is 47.7 Å². The maximum absolute atomic E-state index is 12.0. The molecule has 1 N–H and O–H groups in total. The third-order valence-corrected chi connectivity index (χ3v) is 6.59. The number of fused-ring (bicyclic) bond motifs is 2. The highest BCUT2D eigenvalue weighted by Gasteiger charge is 2.34. The van der Waals surface area contributed by atoms with Crippen LogP contribution in [0.4, 0.5) is 0 Å². The lowest BCUT2D eigenvalue weighted by Crippen LogP contribution is -2.34. The van der Waals surface area contributed by atoms with E-state index in [9.17, 15) is 14.7 Å². The molecule has 6 nitrogen and oxygen atoms in total. The molecule has 32 heavy (non-hydrogen) atoms. The molecule has 0 fully saturated rings. The molecule has 0 saturated heterocycles. The van der Waals surface area contributed by atoms with Crippen LogP contribution in [0.5, 0.6) is 5.75 Å². The van der Waals surface area contributed by atoms with Gasteiger partial charge >= 0.3 is 0 Å². The molecule has 1 amide bonds. The average molecular weight is 472 g/mol. The lowest BCUT2D eigenvalue weighted by atomic mass is 9.82. The first-order chi connectivity index (χ1) is 15.3. The van der Waals surface area contributed by atoms with Gasteiger partial charge in [-0.1, -0.05) is 35.3 Å². The first-order valence-corrected chi connectivity index (χ1v) is 11.0. The smallest absolute Gasteiger partial charge is 0.241 e. The SMILES string of the molecule is Cc1c(O)c(=O)cnn1C(CN(C)C=O)C1c2ccc(Cl)cc2CCc2cc(Cl)ccc21. The largest absolute Gasteiger partial charge is 0.503 e. The van der Waals surface area contributed by atoms with Crippen molar-refractivity contribution >= 4 is 29.6 Å². The van der Waals surface area contributed by atoms with Crippen LogP contribution in [0.15, 0.2) is 47.4 Å². The average Bonchev–Trinajstić information content (AvgIpc) is 2.92. The van der Waals surface area contributed by atoms with Gasteiger partial charge in [0.05, 0.1) is 17.9 Å². The predicted molar refractivity (Wildman–Crippen MR) is 125 cm³/mol. The van der Waals surface area contributed by atoms with Gasteiger partial charge in [0.1, 0.15) is 0 Å². The number of amides is 1. The van der Waals surface area contributed by atoms with Crippen LogP contribution in [0.2, 0.25) is 10.0 Å². The van der Waals surface area contributed by atoms with Crippen molar-refractivity contribution < 1.29 is 9.90 Å². The van der Waals surface area contributed by atoms with Crippen LogP contribution in [-0.2, 0) is 17.6 Å². The number of carbonyl (C=O) groups is 1. The zero-order valence-electron chi connectivity index (χ0n) is 17.8. The van der Waals surface area contributed by atoms with E-state index < -0.39 is 11.5 Å². The number of halogens is 2. The van der Waals surface area contributed by atoms with E-state index in [1.807, 2.05) is 36.4 Å². The molecule has 1 unspecified atom stereocenters. The van der Waals surface area contributed by atoms with Gasteiger partial charge in [-0.2, -0.15) is 5.10 Å². The van der Waals surface area contributed by atoms with Crippen LogP contribution in [0, 0.1) is 6.92 Å². The Kier molecular flexibility index (Phi) is 6.26. The van der Waals surface area contributed by atoms with E-state index in [4.69, 9.17) is 23.2 Å². The van der Waals surface area contributed by atoms with Gasteiger partial charge in [0.15, 0.2) is 5.75 Å². The molecular formula is C24H23Cl2N3O3. The maximum Gasteiger partial charge on any atom is 0.241 e. The van der Waals surface area contributed by atoms with Crippen molar-refractivity contribution in [1.29, 1.82) is 0 Å². The van der Waals surface area contributed by atoms with Gasteiger partial charge in [0, 0.05) is 29.6 Å². The topological polar surface area (TPSA) is 75.4 Å². The number of hydrogen-bond donors (Lipinski definition) is 1. The molecule has 0 aliphatic heterocycles.